The van der Waals surface area contributed by atoms with Gasteiger partial charge in [-0.3, -0.25) is 0 Å². The van der Waals surface area contributed by atoms with E-state index in [1.807, 2.05) is 0 Å². The highest BCUT2D eigenvalue weighted by Gasteiger charge is 2.21. The molecule has 122 valence electrons. The number of halogens is 1. The number of aromatic carboxylic acids is 1. The van der Waals surface area contributed by atoms with Gasteiger partial charge in [-0.2, -0.15) is 0 Å². The molecule has 1 aromatic rings. The number of nitrogens with one attached hydrogen (secondary N) is 1. The molecule has 1 aliphatic carbocycles. The first-order chi connectivity index (χ1) is 10.3. The van der Waals surface area contributed by atoms with Crippen molar-refractivity contribution in [3.8, 4) is 0 Å². The minimum Gasteiger partial charge on any atom is -0.478 e. The molecule has 1 aliphatic rings. The van der Waals surface area contributed by atoms with Crippen LogP contribution in [0.3, 0.4) is 0 Å². The first-order valence-corrected chi connectivity index (χ1v) is 8.44. The van der Waals surface area contributed by atoms with Gasteiger partial charge in [-0.05, 0) is 43.9 Å². The van der Waals surface area contributed by atoms with Crippen molar-refractivity contribution in [1.29, 1.82) is 0 Å². The molecule has 6 nitrogen and oxygen atoms in total. The average molecular weight is 331 g/mol. The zero-order valence-electron chi connectivity index (χ0n) is 12.1. The molecule has 0 unspecified atom stereocenters. The minimum atomic E-state index is -3.98. The summed E-state index contributed by atoms with van der Waals surface area (Å²) in [5.41, 5.74) is -0.467. The maximum Gasteiger partial charge on any atom is 0.336 e. The molecule has 8 heteroatoms. The second-order valence-corrected chi connectivity index (χ2v) is 6.97. The summed E-state index contributed by atoms with van der Waals surface area (Å²) < 4.78 is 45.5. The number of carbonyl (C=O) groups is 1. The van der Waals surface area contributed by atoms with E-state index in [2.05, 4.69) is 4.72 Å². The summed E-state index contributed by atoms with van der Waals surface area (Å²) in [6, 6.07) is 1.77. The van der Waals surface area contributed by atoms with Gasteiger partial charge in [0.05, 0.1) is 23.2 Å². The van der Waals surface area contributed by atoms with E-state index in [1.165, 1.54) is 6.92 Å². The van der Waals surface area contributed by atoms with Crippen molar-refractivity contribution in [3.63, 3.8) is 0 Å². The third-order valence-electron chi connectivity index (χ3n) is 3.66. The standard InChI is InChI=1S/C14H18FNO5S/c1-9-12(14(17)18)7-11(8-13(9)15)22(19,20)16-5-6-21-10-3-2-4-10/h7-8,10,16H,2-6H2,1H3,(H,17,18). The first-order valence-electron chi connectivity index (χ1n) is 6.96. The summed E-state index contributed by atoms with van der Waals surface area (Å²) in [7, 11) is -3.98. The number of hydrogen-bond donors (Lipinski definition) is 2. The maximum absolute atomic E-state index is 13.7. The second kappa shape index (κ2) is 6.72. The van der Waals surface area contributed by atoms with Gasteiger partial charge in [0.1, 0.15) is 5.82 Å². The zero-order chi connectivity index (χ0) is 16.3. The number of carboxylic acid groups (broad SMARTS) is 1. The van der Waals surface area contributed by atoms with E-state index in [-0.39, 0.29) is 30.4 Å². The number of ether oxygens (including phenoxy) is 1. The number of benzene rings is 1. The van der Waals surface area contributed by atoms with Gasteiger partial charge in [0.15, 0.2) is 0 Å². The summed E-state index contributed by atoms with van der Waals surface area (Å²) in [6.07, 6.45) is 3.28. The van der Waals surface area contributed by atoms with Crippen LogP contribution in [-0.2, 0) is 14.8 Å². The van der Waals surface area contributed by atoms with E-state index in [4.69, 9.17) is 9.84 Å². The van der Waals surface area contributed by atoms with E-state index < -0.39 is 26.7 Å². The predicted molar refractivity (Wildman–Crippen MR) is 76.9 cm³/mol. The lowest BCUT2D eigenvalue weighted by atomic mass is 9.96. The molecule has 0 aromatic heterocycles. The summed E-state index contributed by atoms with van der Waals surface area (Å²) in [5.74, 6) is -2.24. The van der Waals surface area contributed by atoms with Gasteiger partial charge in [-0.25, -0.2) is 22.3 Å². The Balaban J connectivity index is 2.06. The van der Waals surface area contributed by atoms with E-state index in [0.717, 1.165) is 31.4 Å². The number of carboxylic acids is 1. The highest BCUT2D eigenvalue weighted by atomic mass is 32.2. The van der Waals surface area contributed by atoms with Crippen molar-refractivity contribution in [1.82, 2.24) is 4.72 Å². The van der Waals surface area contributed by atoms with Gasteiger partial charge < -0.3 is 9.84 Å². The number of sulfonamides is 1. The average Bonchev–Trinajstić information content (AvgIpc) is 2.38. The molecule has 0 bridgehead atoms. The molecular formula is C14H18FNO5S. The Bertz CT molecular complexity index is 670. The van der Waals surface area contributed by atoms with Crippen LogP contribution in [0.2, 0.25) is 0 Å². The van der Waals surface area contributed by atoms with Crippen LogP contribution in [0.1, 0.15) is 35.2 Å². The maximum atomic E-state index is 13.7. The van der Waals surface area contributed by atoms with Crippen LogP contribution in [0.25, 0.3) is 0 Å². The highest BCUT2D eigenvalue weighted by Crippen LogP contribution is 2.22. The molecule has 1 aromatic carbocycles. The van der Waals surface area contributed by atoms with Gasteiger partial charge in [-0.15, -0.1) is 0 Å². The smallest absolute Gasteiger partial charge is 0.336 e. The Morgan fingerprint density at radius 1 is 1.45 bits per heavy atom. The molecule has 0 saturated heterocycles. The molecule has 0 amide bonds. The lowest BCUT2D eigenvalue weighted by molar-refractivity contribution is 0.00578. The molecule has 0 radical (unpaired) electrons. The summed E-state index contributed by atoms with van der Waals surface area (Å²) in [5, 5.41) is 8.99. The van der Waals surface area contributed by atoms with Crippen LogP contribution in [0.4, 0.5) is 4.39 Å². The normalized spacial score (nSPS) is 15.5. The Morgan fingerprint density at radius 2 is 2.14 bits per heavy atom. The van der Waals surface area contributed by atoms with Crippen LogP contribution in [0.15, 0.2) is 17.0 Å². The Hall–Kier alpha value is -1.51. The molecule has 1 saturated carbocycles. The quantitative estimate of drug-likeness (QED) is 0.742. The van der Waals surface area contributed by atoms with Gasteiger partial charge >= 0.3 is 5.97 Å². The summed E-state index contributed by atoms with van der Waals surface area (Å²) >= 11 is 0. The van der Waals surface area contributed by atoms with E-state index in [0.29, 0.717) is 0 Å². The fourth-order valence-electron chi connectivity index (χ4n) is 2.05. The van der Waals surface area contributed by atoms with E-state index in [1.54, 1.807) is 0 Å². The summed E-state index contributed by atoms with van der Waals surface area (Å²) in [6.45, 7) is 1.57. The molecule has 0 aliphatic heterocycles. The molecule has 22 heavy (non-hydrogen) atoms. The van der Waals surface area contributed by atoms with Crippen LogP contribution < -0.4 is 4.72 Å². The Kier molecular flexibility index (Phi) is 5.15. The van der Waals surface area contributed by atoms with Crippen molar-refractivity contribution < 1.29 is 27.4 Å². The van der Waals surface area contributed by atoms with Gasteiger partial charge in [0, 0.05) is 6.54 Å². The zero-order valence-corrected chi connectivity index (χ0v) is 13.0. The summed E-state index contributed by atoms with van der Waals surface area (Å²) in [4.78, 5) is 10.6. The highest BCUT2D eigenvalue weighted by molar-refractivity contribution is 7.89. The van der Waals surface area contributed by atoms with E-state index in [9.17, 15) is 17.6 Å². The lowest BCUT2D eigenvalue weighted by Crippen LogP contribution is -2.31. The molecule has 2 N–H and O–H groups in total. The third kappa shape index (κ3) is 3.82. The molecule has 1 fully saturated rings. The van der Waals surface area contributed by atoms with Crippen LogP contribution >= 0.6 is 0 Å². The molecular weight excluding hydrogens is 313 g/mol. The van der Waals surface area contributed by atoms with Crippen molar-refractivity contribution in [2.45, 2.75) is 37.2 Å². The van der Waals surface area contributed by atoms with Crippen molar-refractivity contribution in [3.05, 3.63) is 29.1 Å². The molecule has 2 rings (SSSR count). The van der Waals surface area contributed by atoms with Crippen LogP contribution in [-0.4, -0.2) is 38.7 Å². The third-order valence-corrected chi connectivity index (χ3v) is 5.10. The van der Waals surface area contributed by atoms with Crippen LogP contribution in [0, 0.1) is 12.7 Å². The van der Waals surface area contributed by atoms with Gasteiger partial charge in [0.25, 0.3) is 0 Å². The van der Waals surface area contributed by atoms with E-state index >= 15 is 0 Å². The molecule has 0 spiro atoms. The monoisotopic (exact) mass is 331 g/mol. The minimum absolute atomic E-state index is 0.0523. The SMILES string of the molecule is Cc1c(F)cc(S(=O)(=O)NCCOC2CCC2)cc1C(=O)O. The lowest BCUT2D eigenvalue weighted by Gasteiger charge is -2.25. The number of rotatable bonds is 7. The molecule has 0 atom stereocenters. The largest absolute Gasteiger partial charge is 0.478 e. The first kappa shape index (κ1) is 16.9. The van der Waals surface area contributed by atoms with Crippen LogP contribution in [0.5, 0.6) is 0 Å². The van der Waals surface area contributed by atoms with Crippen molar-refractivity contribution in [2.75, 3.05) is 13.2 Å². The second-order valence-electron chi connectivity index (χ2n) is 5.20. The van der Waals surface area contributed by atoms with Crippen molar-refractivity contribution in [2.24, 2.45) is 0 Å². The van der Waals surface area contributed by atoms with Gasteiger partial charge in [-0.1, -0.05) is 0 Å². The van der Waals surface area contributed by atoms with Crippen molar-refractivity contribution >= 4 is 16.0 Å². The topological polar surface area (TPSA) is 92.7 Å². The fraction of sp³-hybridized carbons (Fsp3) is 0.500. The predicted octanol–water partition coefficient (Wildman–Crippen LogP) is 1.68. The fourth-order valence-corrected chi connectivity index (χ4v) is 3.10. The number of hydrogen-bond acceptors (Lipinski definition) is 4. The molecule has 0 heterocycles. The Morgan fingerprint density at radius 3 is 2.68 bits per heavy atom. The Labute approximate surface area is 128 Å². The van der Waals surface area contributed by atoms with Gasteiger partial charge in [0.2, 0.25) is 10.0 Å².